The van der Waals surface area contributed by atoms with Crippen LogP contribution in [0.5, 0.6) is 0 Å². The second kappa shape index (κ2) is 4.68. The molecule has 0 saturated heterocycles. The number of nitrogen functional groups attached to an aromatic ring is 1. The highest BCUT2D eigenvalue weighted by Gasteiger charge is 2.17. The van der Waals surface area contributed by atoms with Crippen molar-refractivity contribution in [2.45, 2.75) is 25.7 Å². The molecule has 0 bridgehead atoms. The van der Waals surface area contributed by atoms with Gasteiger partial charge in [-0.25, -0.2) is 8.78 Å². The molecule has 0 aliphatic heterocycles. The van der Waals surface area contributed by atoms with Gasteiger partial charge in [-0.1, -0.05) is 19.3 Å². The maximum Gasteiger partial charge on any atom is 0.151 e. The molecule has 0 atom stereocenters. The summed E-state index contributed by atoms with van der Waals surface area (Å²) in [5.74, 6) is -0.510. The molecule has 2 rings (SSSR count). The van der Waals surface area contributed by atoms with Gasteiger partial charge in [-0.05, 0) is 24.5 Å². The van der Waals surface area contributed by atoms with E-state index < -0.39 is 11.6 Å². The lowest BCUT2D eigenvalue weighted by molar-refractivity contribution is 0.302. The maximum absolute atomic E-state index is 13.3. The summed E-state index contributed by atoms with van der Waals surface area (Å²) in [7, 11) is 0. The zero-order valence-electron chi connectivity index (χ0n) is 9.10. The van der Waals surface area contributed by atoms with Crippen molar-refractivity contribution in [3.63, 3.8) is 0 Å². The van der Waals surface area contributed by atoms with Gasteiger partial charge in [0.1, 0.15) is 5.69 Å². The smallest absolute Gasteiger partial charge is 0.151 e. The number of anilines is 2. The first-order valence-corrected chi connectivity index (χ1v) is 5.65. The van der Waals surface area contributed by atoms with E-state index in [1.165, 1.54) is 19.3 Å². The molecule has 0 aromatic heterocycles. The molecule has 0 unspecified atom stereocenters. The molecule has 0 amide bonds. The fraction of sp³-hybridized carbons (Fsp3) is 0.500. The number of hydrogen-bond acceptors (Lipinski definition) is 2. The normalized spacial score (nSPS) is 15.9. The number of hydrogen-bond donors (Lipinski definition) is 2. The molecule has 88 valence electrons. The van der Waals surface area contributed by atoms with Gasteiger partial charge in [0, 0.05) is 12.2 Å². The van der Waals surface area contributed by atoms with Crippen LogP contribution >= 0.6 is 0 Å². The highest BCUT2D eigenvalue weighted by molar-refractivity contribution is 5.53. The van der Waals surface area contributed by atoms with Crippen LogP contribution in [0.1, 0.15) is 25.7 Å². The largest absolute Gasteiger partial charge is 0.399 e. The van der Waals surface area contributed by atoms with Crippen LogP contribution in [0.25, 0.3) is 0 Å². The van der Waals surface area contributed by atoms with Crippen LogP contribution in [-0.4, -0.2) is 6.54 Å². The molecule has 0 radical (unpaired) electrons. The average Bonchev–Trinajstić information content (AvgIpc) is 2.12. The van der Waals surface area contributed by atoms with Gasteiger partial charge in [0.05, 0.1) is 0 Å². The van der Waals surface area contributed by atoms with Crippen LogP contribution in [0, 0.1) is 17.6 Å². The molecule has 1 aliphatic rings. The van der Waals surface area contributed by atoms with Crippen LogP contribution in [0.3, 0.4) is 0 Å². The Morgan fingerprint density at radius 1 is 1.25 bits per heavy atom. The molecule has 16 heavy (non-hydrogen) atoms. The molecule has 1 fully saturated rings. The van der Waals surface area contributed by atoms with E-state index in [4.69, 9.17) is 5.73 Å². The van der Waals surface area contributed by atoms with E-state index in [0.717, 1.165) is 24.5 Å². The van der Waals surface area contributed by atoms with Gasteiger partial charge in [0.25, 0.3) is 0 Å². The summed E-state index contributed by atoms with van der Waals surface area (Å²) in [6.45, 7) is 0.614. The molecule has 1 aliphatic carbocycles. The third-order valence-corrected chi connectivity index (χ3v) is 3.14. The molecule has 2 nitrogen and oxygen atoms in total. The van der Waals surface area contributed by atoms with Crippen molar-refractivity contribution in [2.24, 2.45) is 5.92 Å². The third-order valence-electron chi connectivity index (χ3n) is 3.14. The van der Waals surface area contributed by atoms with Crippen LogP contribution < -0.4 is 11.1 Å². The Balaban J connectivity index is 1.92. The predicted octanol–water partition coefficient (Wildman–Crippen LogP) is 3.15. The number of benzene rings is 1. The van der Waals surface area contributed by atoms with Gasteiger partial charge in [-0.2, -0.15) is 0 Å². The SMILES string of the molecule is Nc1cc(F)c(NCCC2CCC2)c(F)c1. The number of nitrogens with two attached hydrogens (primary N) is 1. The minimum absolute atomic E-state index is 0.0616. The number of nitrogens with one attached hydrogen (secondary N) is 1. The standard InChI is InChI=1S/C12H16F2N2/c13-10-6-9(15)7-11(14)12(10)16-5-4-8-2-1-3-8/h6-8,16H,1-5,15H2. The van der Waals surface area contributed by atoms with E-state index in [2.05, 4.69) is 5.32 Å². The van der Waals surface area contributed by atoms with E-state index in [9.17, 15) is 8.78 Å². The zero-order valence-corrected chi connectivity index (χ0v) is 9.10. The van der Waals surface area contributed by atoms with Gasteiger partial charge >= 0.3 is 0 Å². The highest BCUT2D eigenvalue weighted by Crippen LogP contribution is 2.29. The van der Waals surface area contributed by atoms with E-state index in [0.29, 0.717) is 6.54 Å². The first-order chi connectivity index (χ1) is 7.66. The fourth-order valence-corrected chi connectivity index (χ4v) is 1.94. The number of rotatable bonds is 4. The molecule has 3 N–H and O–H groups in total. The van der Waals surface area contributed by atoms with Gasteiger partial charge in [-0.15, -0.1) is 0 Å². The summed E-state index contributed by atoms with van der Waals surface area (Å²) in [6, 6.07) is 2.27. The van der Waals surface area contributed by atoms with Gasteiger partial charge in [0.15, 0.2) is 11.6 Å². The Bertz CT molecular complexity index is 352. The predicted molar refractivity (Wildman–Crippen MR) is 61.2 cm³/mol. The fourth-order valence-electron chi connectivity index (χ4n) is 1.94. The van der Waals surface area contributed by atoms with Crippen molar-refractivity contribution in [2.75, 3.05) is 17.6 Å². The van der Waals surface area contributed by atoms with E-state index in [1.54, 1.807) is 0 Å². The monoisotopic (exact) mass is 226 g/mol. The van der Waals surface area contributed by atoms with E-state index in [-0.39, 0.29) is 11.4 Å². The minimum atomic E-state index is -0.619. The van der Waals surface area contributed by atoms with Crippen molar-refractivity contribution >= 4 is 11.4 Å². The minimum Gasteiger partial charge on any atom is -0.399 e. The summed E-state index contributed by atoms with van der Waals surface area (Å²) >= 11 is 0. The van der Waals surface area contributed by atoms with Crippen molar-refractivity contribution in [3.8, 4) is 0 Å². The Morgan fingerprint density at radius 3 is 2.38 bits per heavy atom. The Labute approximate surface area is 93.8 Å². The molecule has 1 aromatic carbocycles. The summed E-state index contributed by atoms with van der Waals surface area (Å²) in [5, 5.41) is 2.80. The second-order valence-corrected chi connectivity index (χ2v) is 4.37. The second-order valence-electron chi connectivity index (χ2n) is 4.37. The Hall–Kier alpha value is -1.32. The third kappa shape index (κ3) is 2.43. The first kappa shape index (κ1) is 11.2. The molecule has 1 saturated carbocycles. The van der Waals surface area contributed by atoms with Crippen molar-refractivity contribution in [1.82, 2.24) is 0 Å². The van der Waals surface area contributed by atoms with Crippen LogP contribution in [-0.2, 0) is 0 Å². The lowest BCUT2D eigenvalue weighted by Crippen LogP contribution is -2.16. The topological polar surface area (TPSA) is 38.0 Å². The van der Waals surface area contributed by atoms with Gasteiger partial charge < -0.3 is 11.1 Å². The molecule has 0 heterocycles. The van der Waals surface area contributed by atoms with Crippen LogP contribution in [0.4, 0.5) is 20.2 Å². The summed E-state index contributed by atoms with van der Waals surface area (Å²) in [5.41, 5.74) is 5.38. The van der Waals surface area contributed by atoms with E-state index in [1.807, 2.05) is 0 Å². The molecule has 4 heteroatoms. The molecule has 1 aromatic rings. The van der Waals surface area contributed by atoms with Crippen molar-refractivity contribution in [3.05, 3.63) is 23.8 Å². The average molecular weight is 226 g/mol. The van der Waals surface area contributed by atoms with E-state index >= 15 is 0 Å². The molecule has 0 spiro atoms. The van der Waals surface area contributed by atoms with Gasteiger partial charge in [-0.3, -0.25) is 0 Å². The molecular formula is C12H16F2N2. The number of halogens is 2. The van der Waals surface area contributed by atoms with Crippen LogP contribution in [0.2, 0.25) is 0 Å². The zero-order chi connectivity index (χ0) is 11.5. The Kier molecular flexibility index (Phi) is 3.27. The quantitative estimate of drug-likeness (QED) is 0.774. The summed E-state index contributed by atoms with van der Waals surface area (Å²) in [4.78, 5) is 0. The van der Waals surface area contributed by atoms with Crippen LogP contribution in [0.15, 0.2) is 12.1 Å². The maximum atomic E-state index is 13.3. The van der Waals surface area contributed by atoms with Crippen molar-refractivity contribution < 1.29 is 8.78 Å². The first-order valence-electron chi connectivity index (χ1n) is 5.65. The Morgan fingerprint density at radius 2 is 1.88 bits per heavy atom. The summed E-state index contributed by atoms with van der Waals surface area (Å²) < 4.78 is 26.7. The lowest BCUT2D eigenvalue weighted by Gasteiger charge is -2.25. The lowest BCUT2D eigenvalue weighted by atomic mass is 9.83. The van der Waals surface area contributed by atoms with Gasteiger partial charge in [0.2, 0.25) is 0 Å². The van der Waals surface area contributed by atoms with Crippen molar-refractivity contribution in [1.29, 1.82) is 0 Å². The highest BCUT2D eigenvalue weighted by atomic mass is 19.1. The summed E-state index contributed by atoms with van der Waals surface area (Å²) in [6.07, 6.45) is 4.75. The molecular weight excluding hydrogens is 210 g/mol.